The van der Waals surface area contributed by atoms with Gasteiger partial charge >= 0.3 is 5.97 Å². The van der Waals surface area contributed by atoms with Crippen LogP contribution in [0.2, 0.25) is 0 Å². The van der Waals surface area contributed by atoms with E-state index in [9.17, 15) is 9.59 Å². The summed E-state index contributed by atoms with van der Waals surface area (Å²) in [5, 5.41) is 9.15. The van der Waals surface area contributed by atoms with Crippen molar-refractivity contribution in [2.45, 2.75) is 32.2 Å². The van der Waals surface area contributed by atoms with Gasteiger partial charge in [0.25, 0.3) is 0 Å². The molecule has 1 aromatic heterocycles. The zero-order chi connectivity index (χ0) is 17.0. The minimum absolute atomic E-state index is 0.141. The fraction of sp³-hybridized carbons (Fsp3) is 0.353. The quantitative estimate of drug-likeness (QED) is 0.885. The second-order valence-corrected chi connectivity index (χ2v) is 5.80. The SMILES string of the molecule is CN(C(=O)CCc1ncc(-c2ccccc2)o1)C(C)(C)C(=O)O. The predicted molar refractivity (Wildman–Crippen MR) is 84.7 cm³/mol. The van der Waals surface area contributed by atoms with Crippen molar-refractivity contribution in [2.24, 2.45) is 0 Å². The van der Waals surface area contributed by atoms with E-state index in [1.807, 2.05) is 30.3 Å². The van der Waals surface area contributed by atoms with Gasteiger partial charge in [-0.05, 0) is 13.8 Å². The summed E-state index contributed by atoms with van der Waals surface area (Å²) in [7, 11) is 1.49. The monoisotopic (exact) mass is 316 g/mol. The summed E-state index contributed by atoms with van der Waals surface area (Å²) in [6.45, 7) is 2.98. The summed E-state index contributed by atoms with van der Waals surface area (Å²) in [6.07, 6.45) is 2.09. The molecule has 1 heterocycles. The van der Waals surface area contributed by atoms with Crippen molar-refractivity contribution in [3.8, 4) is 11.3 Å². The Labute approximate surface area is 134 Å². The fourth-order valence-electron chi connectivity index (χ4n) is 2.00. The van der Waals surface area contributed by atoms with Crippen molar-refractivity contribution in [2.75, 3.05) is 7.05 Å². The zero-order valence-corrected chi connectivity index (χ0v) is 13.4. The molecule has 0 saturated heterocycles. The third-order valence-corrected chi connectivity index (χ3v) is 3.90. The average molecular weight is 316 g/mol. The topological polar surface area (TPSA) is 83.6 Å². The Kier molecular flexibility index (Phi) is 4.83. The summed E-state index contributed by atoms with van der Waals surface area (Å²) in [5.74, 6) is -0.210. The minimum atomic E-state index is -1.25. The van der Waals surface area contributed by atoms with Gasteiger partial charge in [-0.2, -0.15) is 0 Å². The first-order chi connectivity index (χ1) is 10.8. The van der Waals surface area contributed by atoms with E-state index >= 15 is 0 Å². The Morgan fingerprint density at radius 1 is 1.26 bits per heavy atom. The van der Waals surface area contributed by atoms with Crippen molar-refractivity contribution in [3.63, 3.8) is 0 Å². The van der Waals surface area contributed by atoms with Crippen molar-refractivity contribution >= 4 is 11.9 Å². The first kappa shape index (κ1) is 16.7. The maximum absolute atomic E-state index is 12.1. The molecule has 0 atom stereocenters. The van der Waals surface area contributed by atoms with Gasteiger partial charge in [0, 0.05) is 25.5 Å². The lowest BCUT2D eigenvalue weighted by Gasteiger charge is -2.31. The first-order valence-corrected chi connectivity index (χ1v) is 7.32. The lowest BCUT2D eigenvalue weighted by atomic mass is 10.0. The second kappa shape index (κ2) is 6.64. The summed E-state index contributed by atoms with van der Waals surface area (Å²) >= 11 is 0. The number of carbonyl (C=O) groups is 2. The van der Waals surface area contributed by atoms with Crippen LogP contribution in [-0.4, -0.2) is 39.5 Å². The molecule has 0 aliphatic heterocycles. The second-order valence-electron chi connectivity index (χ2n) is 5.80. The highest BCUT2D eigenvalue weighted by molar-refractivity contribution is 5.86. The number of carboxylic acid groups (broad SMARTS) is 1. The number of benzene rings is 1. The normalized spacial score (nSPS) is 11.3. The third kappa shape index (κ3) is 3.77. The molecule has 0 spiro atoms. The summed E-state index contributed by atoms with van der Waals surface area (Å²) in [4.78, 5) is 28.7. The van der Waals surface area contributed by atoms with Gasteiger partial charge in [-0.25, -0.2) is 9.78 Å². The van der Waals surface area contributed by atoms with E-state index in [4.69, 9.17) is 9.52 Å². The van der Waals surface area contributed by atoms with Crippen LogP contribution in [0.5, 0.6) is 0 Å². The number of aryl methyl sites for hydroxylation is 1. The van der Waals surface area contributed by atoms with Crippen LogP contribution >= 0.6 is 0 Å². The van der Waals surface area contributed by atoms with E-state index < -0.39 is 11.5 Å². The summed E-state index contributed by atoms with van der Waals surface area (Å²) in [6, 6.07) is 9.56. The number of rotatable bonds is 6. The van der Waals surface area contributed by atoms with Gasteiger partial charge in [-0.15, -0.1) is 0 Å². The van der Waals surface area contributed by atoms with Gasteiger partial charge in [0.1, 0.15) is 5.54 Å². The van der Waals surface area contributed by atoms with Gasteiger partial charge in [-0.3, -0.25) is 4.79 Å². The zero-order valence-electron chi connectivity index (χ0n) is 13.4. The molecule has 1 aromatic carbocycles. The van der Waals surface area contributed by atoms with Crippen LogP contribution in [0.3, 0.4) is 0 Å². The van der Waals surface area contributed by atoms with Gasteiger partial charge < -0.3 is 14.4 Å². The number of nitrogens with zero attached hydrogens (tertiary/aromatic N) is 2. The van der Waals surface area contributed by atoms with Gasteiger partial charge in [-0.1, -0.05) is 30.3 Å². The molecule has 0 saturated carbocycles. The van der Waals surface area contributed by atoms with Gasteiger partial charge in [0.2, 0.25) is 5.91 Å². The van der Waals surface area contributed by atoms with Crippen molar-refractivity contribution < 1.29 is 19.1 Å². The Morgan fingerprint density at radius 3 is 2.52 bits per heavy atom. The van der Waals surface area contributed by atoms with Crippen LogP contribution in [0.1, 0.15) is 26.2 Å². The molecule has 6 nitrogen and oxygen atoms in total. The number of hydrogen-bond donors (Lipinski definition) is 1. The molecule has 1 amide bonds. The molecule has 6 heteroatoms. The highest BCUT2D eigenvalue weighted by Gasteiger charge is 2.34. The largest absolute Gasteiger partial charge is 0.480 e. The highest BCUT2D eigenvalue weighted by atomic mass is 16.4. The van der Waals surface area contributed by atoms with Crippen LogP contribution in [0.4, 0.5) is 0 Å². The Balaban J connectivity index is 1.98. The highest BCUT2D eigenvalue weighted by Crippen LogP contribution is 2.21. The number of oxazole rings is 1. The predicted octanol–water partition coefficient (Wildman–Crippen LogP) is 2.60. The molecule has 0 fully saturated rings. The molecular formula is C17H20N2O4. The molecule has 2 rings (SSSR count). The number of aromatic nitrogens is 1. The van der Waals surface area contributed by atoms with E-state index in [1.54, 1.807) is 6.20 Å². The molecule has 0 aliphatic rings. The maximum Gasteiger partial charge on any atom is 0.329 e. The molecule has 122 valence electrons. The molecule has 0 aliphatic carbocycles. The van der Waals surface area contributed by atoms with Crippen molar-refractivity contribution in [1.82, 2.24) is 9.88 Å². The smallest absolute Gasteiger partial charge is 0.329 e. The van der Waals surface area contributed by atoms with E-state index in [1.165, 1.54) is 25.8 Å². The molecule has 2 aromatic rings. The number of carboxylic acids is 1. The molecule has 0 unspecified atom stereocenters. The first-order valence-electron chi connectivity index (χ1n) is 7.32. The maximum atomic E-state index is 12.1. The van der Waals surface area contributed by atoms with E-state index in [-0.39, 0.29) is 12.3 Å². The number of amides is 1. The van der Waals surface area contributed by atoms with Crippen LogP contribution < -0.4 is 0 Å². The molecule has 23 heavy (non-hydrogen) atoms. The number of hydrogen-bond acceptors (Lipinski definition) is 4. The lowest BCUT2D eigenvalue weighted by Crippen LogP contribution is -2.50. The Bertz CT molecular complexity index is 692. The van der Waals surface area contributed by atoms with Crippen LogP contribution in [0.15, 0.2) is 40.9 Å². The standard InChI is InChI=1S/C17H20N2O4/c1-17(2,16(21)22)19(3)15(20)10-9-14-18-11-13(23-14)12-7-5-4-6-8-12/h4-8,11H,9-10H2,1-3H3,(H,21,22). The summed E-state index contributed by atoms with van der Waals surface area (Å²) < 4.78 is 5.63. The average Bonchev–Trinajstić information content (AvgIpc) is 3.01. The van der Waals surface area contributed by atoms with E-state index in [0.29, 0.717) is 18.1 Å². The van der Waals surface area contributed by atoms with E-state index in [0.717, 1.165) is 5.56 Å². The Hall–Kier alpha value is -2.63. The number of aliphatic carboxylic acids is 1. The van der Waals surface area contributed by atoms with Crippen LogP contribution in [0.25, 0.3) is 11.3 Å². The summed E-state index contributed by atoms with van der Waals surface area (Å²) in [5.41, 5.74) is -0.329. The van der Waals surface area contributed by atoms with Crippen LogP contribution in [0, 0.1) is 0 Å². The number of likely N-dealkylation sites (N-methyl/N-ethyl adjacent to an activating group) is 1. The third-order valence-electron chi connectivity index (χ3n) is 3.90. The number of carbonyl (C=O) groups excluding carboxylic acids is 1. The van der Waals surface area contributed by atoms with Crippen LogP contribution in [-0.2, 0) is 16.0 Å². The molecule has 0 radical (unpaired) electrons. The molecular weight excluding hydrogens is 296 g/mol. The lowest BCUT2D eigenvalue weighted by molar-refractivity contribution is -0.155. The Morgan fingerprint density at radius 2 is 1.91 bits per heavy atom. The van der Waals surface area contributed by atoms with Crippen molar-refractivity contribution in [1.29, 1.82) is 0 Å². The minimum Gasteiger partial charge on any atom is -0.480 e. The van der Waals surface area contributed by atoms with Gasteiger partial charge in [0.15, 0.2) is 11.7 Å². The van der Waals surface area contributed by atoms with Gasteiger partial charge in [0.05, 0.1) is 6.20 Å². The molecule has 1 N–H and O–H groups in total. The fourth-order valence-corrected chi connectivity index (χ4v) is 2.00. The van der Waals surface area contributed by atoms with E-state index in [2.05, 4.69) is 4.98 Å². The molecule has 0 bridgehead atoms. The van der Waals surface area contributed by atoms with Crippen molar-refractivity contribution in [3.05, 3.63) is 42.4 Å².